The van der Waals surface area contributed by atoms with E-state index in [1.165, 1.54) is 12.1 Å². The molecule has 0 bridgehead atoms. The molecule has 15 heavy (non-hydrogen) atoms. The van der Waals surface area contributed by atoms with Crippen LogP contribution in [0.1, 0.15) is 12.0 Å². The summed E-state index contributed by atoms with van der Waals surface area (Å²) in [5, 5.41) is 17.2. The minimum absolute atomic E-state index is 0.132. The zero-order chi connectivity index (χ0) is 11.1. The van der Waals surface area contributed by atoms with Gasteiger partial charge in [-0.3, -0.25) is 4.79 Å². The minimum atomic E-state index is -0.365. The van der Waals surface area contributed by atoms with Crippen molar-refractivity contribution in [3.63, 3.8) is 0 Å². The summed E-state index contributed by atoms with van der Waals surface area (Å²) < 4.78 is 4.79. The Labute approximate surface area is 87.7 Å². The second-order valence-electron chi connectivity index (χ2n) is 2.97. The molecular weight excluding hydrogens is 194 g/mol. The molecule has 1 aromatic carbocycles. The Bertz CT molecular complexity index is 364. The van der Waals surface area contributed by atoms with Crippen LogP contribution in [0.15, 0.2) is 24.3 Å². The molecule has 0 aliphatic heterocycles. The number of rotatable bonds is 4. The second kappa shape index (κ2) is 5.66. The molecule has 0 atom stereocenters. The van der Waals surface area contributed by atoms with Crippen LogP contribution < -0.4 is 0 Å². The van der Waals surface area contributed by atoms with Gasteiger partial charge in [0.05, 0.1) is 18.9 Å². The monoisotopic (exact) mass is 205 g/mol. The first-order valence-electron chi connectivity index (χ1n) is 4.53. The third-order valence-electron chi connectivity index (χ3n) is 1.76. The van der Waals surface area contributed by atoms with Crippen molar-refractivity contribution in [2.75, 3.05) is 6.61 Å². The summed E-state index contributed by atoms with van der Waals surface area (Å²) >= 11 is 0. The number of phenolic OH excluding ortho intramolecular Hbond substituents is 1. The highest BCUT2D eigenvalue weighted by Gasteiger charge is 2.04. The number of carbonyl (C=O) groups excluding carboxylic acids is 1. The second-order valence-corrected chi connectivity index (χ2v) is 2.97. The summed E-state index contributed by atoms with van der Waals surface area (Å²) in [5.41, 5.74) is 0.773. The number of hydrogen-bond acceptors (Lipinski definition) is 4. The minimum Gasteiger partial charge on any atom is -0.508 e. The maximum atomic E-state index is 11.2. The predicted octanol–water partition coefficient (Wildman–Crippen LogP) is 1.39. The fourth-order valence-electron chi connectivity index (χ4n) is 1.04. The summed E-state index contributed by atoms with van der Waals surface area (Å²) in [6.07, 6.45) is 0.368. The molecule has 78 valence electrons. The Morgan fingerprint density at radius 3 is 2.67 bits per heavy atom. The lowest BCUT2D eigenvalue weighted by Crippen LogP contribution is -2.08. The van der Waals surface area contributed by atoms with E-state index in [0.29, 0.717) is 0 Å². The average molecular weight is 205 g/mol. The van der Waals surface area contributed by atoms with E-state index in [0.717, 1.165) is 5.56 Å². The summed E-state index contributed by atoms with van der Waals surface area (Å²) in [6, 6.07) is 8.22. The molecule has 0 saturated carbocycles. The van der Waals surface area contributed by atoms with E-state index < -0.39 is 0 Å². The van der Waals surface area contributed by atoms with Gasteiger partial charge in [-0.15, -0.1) is 0 Å². The summed E-state index contributed by atoms with van der Waals surface area (Å²) in [7, 11) is 0. The number of esters is 1. The van der Waals surface area contributed by atoms with Gasteiger partial charge in [-0.05, 0) is 17.7 Å². The van der Waals surface area contributed by atoms with Crippen molar-refractivity contribution >= 4 is 5.97 Å². The largest absolute Gasteiger partial charge is 0.508 e. The first kappa shape index (κ1) is 11.1. The van der Waals surface area contributed by atoms with E-state index in [2.05, 4.69) is 0 Å². The maximum Gasteiger partial charge on any atom is 0.310 e. The third-order valence-corrected chi connectivity index (χ3v) is 1.76. The fraction of sp³-hybridized carbons (Fsp3) is 0.273. The number of hydrogen-bond donors (Lipinski definition) is 1. The fourth-order valence-corrected chi connectivity index (χ4v) is 1.04. The molecule has 0 saturated heterocycles. The third kappa shape index (κ3) is 4.14. The zero-order valence-corrected chi connectivity index (χ0v) is 8.14. The Morgan fingerprint density at radius 1 is 1.40 bits per heavy atom. The predicted molar refractivity (Wildman–Crippen MR) is 53.0 cm³/mol. The topological polar surface area (TPSA) is 70.3 Å². The standard InChI is InChI=1S/C11H11NO3/c12-6-1-7-15-11(14)8-9-2-4-10(13)5-3-9/h2-5,13H,1,7-8H2. The van der Waals surface area contributed by atoms with Gasteiger partial charge in [0.1, 0.15) is 12.4 Å². The van der Waals surface area contributed by atoms with Gasteiger partial charge in [0.25, 0.3) is 0 Å². The van der Waals surface area contributed by atoms with Gasteiger partial charge in [-0.25, -0.2) is 0 Å². The molecule has 0 aromatic heterocycles. The molecule has 1 aromatic rings. The van der Waals surface area contributed by atoms with Crippen LogP contribution in [-0.4, -0.2) is 17.7 Å². The average Bonchev–Trinajstić information content (AvgIpc) is 2.22. The molecule has 4 heteroatoms. The van der Waals surface area contributed by atoms with Gasteiger partial charge in [0, 0.05) is 0 Å². The Hall–Kier alpha value is -2.02. The zero-order valence-electron chi connectivity index (χ0n) is 8.14. The van der Waals surface area contributed by atoms with Crippen molar-refractivity contribution in [3.8, 4) is 11.8 Å². The quantitative estimate of drug-likeness (QED) is 0.595. The molecule has 4 nitrogen and oxygen atoms in total. The van der Waals surface area contributed by atoms with Crippen LogP contribution in [-0.2, 0) is 16.0 Å². The van der Waals surface area contributed by atoms with Crippen molar-refractivity contribution in [3.05, 3.63) is 29.8 Å². The molecule has 0 heterocycles. The normalized spacial score (nSPS) is 9.27. The lowest BCUT2D eigenvalue weighted by atomic mass is 10.1. The Kier molecular flexibility index (Phi) is 4.17. The number of phenols is 1. The van der Waals surface area contributed by atoms with Crippen LogP contribution in [0.5, 0.6) is 5.75 Å². The maximum absolute atomic E-state index is 11.2. The van der Waals surface area contributed by atoms with Crippen molar-refractivity contribution < 1.29 is 14.6 Å². The van der Waals surface area contributed by atoms with Crippen molar-refractivity contribution in [1.82, 2.24) is 0 Å². The van der Waals surface area contributed by atoms with Crippen molar-refractivity contribution in [2.24, 2.45) is 0 Å². The highest BCUT2D eigenvalue weighted by atomic mass is 16.5. The van der Waals surface area contributed by atoms with Crippen LogP contribution in [0.3, 0.4) is 0 Å². The van der Waals surface area contributed by atoms with Gasteiger partial charge < -0.3 is 9.84 Å². The molecule has 1 N–H and O–H groups in total. The highest BCUT2D eigenvalue weighted by molar-refractivity contribution is 5.72. The molecule has 0 fully saturated rings. The SMILES string of the molecule is N#CCCOC(=O)Cc1ccc(O)cc1. The van der Waals surface area contributed by atoms with Gasteiger partial charge in [0.15, 0.2) is 0 Å². The summed E-state index contributed by atoms with van der Waals surface area (Å²) in [4.78, 5) is 11.2. The lowest BCUT2D eigenvalue weighted by molar-refractivity contribution is -0.142. The molecule has 0 amide bonds. The Balaban J connectivity index is 2.38. The van der Waals surface area contributed by atoms with Gasteiger partial charge in [-0.1, -0.05) is 12.1 Å². The Morgan fingerprint density at radius 2 is 2.07 bits per heavy atom. The van der Waals surface area contributed by atoms with Gasteiger partial charge in [-0.2, -0.15) is 5.26 Å². The number of nitriles is 1. The first-order chi connectivity index (χ1) is 7.22. The van der Waals surface area contributed by atoms with Crippen LogP contribution in [0.25, 0.3) is 0 Å². The van der Waals surface area contributed by atoms with E-state index in [1.807, 2.05) is 6.07 Å². The molecule has 0 spiro atoms. The molecule has 0 aliphatic carbocycles. The van der Waals surface area contributed by atoms with Crippen LogP contribution in [0.4, 0.5) is 0 Å². The van der Waals surface area contributed by atoms with E-state index in [1.54, 1.807) is 12.1 Å². The number of aromatic hydroxyl groups is 1. The first-order valence-corrected chi connectivity index (χ1v) is 4.53. The van der Waals surface area contributed by atoms with Gasteiger partial charge >= 0.3 is 5.97 Å². The van der Waals surface area contributed by atoms with E-state index >= 15 is 0 Å². The number of benzene rings is 1. The molecule has 1 rings (SSSR count). The van der Waals surface area contributed by atoms with Crippen LogP contribution in [0.2, 0.25) is 0 Å². The molecule has 0 aliphatic rings. The number of nitrogens with zero attached hydrogens (tertiary/aromatic N) is 1. The number of ether oxygens (including phenoxy) is 1. The highest BCUT2D eigenvalue weighted by Crippen LogP contribution is 2.10. The van der Waals surface area contributed by atoms with Crippen LogP contribution >= 0.6 is 0 Å². The smallest absolute Gasteiger partial charge is 0.310 e. The van der Waals surface area contributed by atoms with Gasteiger partial charge in [0.2, 0.25) is 0 Å². The van der Waals surface area contributed by atoms with E-state index in [4.69, 9.17) is 15.1 Å². The van der Waals surface area contributed by atoms with E-state index in [9.17, 15) is 4.79 Å². The number of carbonyl (C=O) groups is 1. The lowest BCUT2D eigenvalue weighted by Gasteiger charge is -2.02. The van der Waals surface area contributed by atoms with Crippen molar-refractivity contribution in [1.29, 1.82) is 5.26 Å². The van der Waals surface area contributed by atoms with Crippen LogP contribution in [0, 0.1) is 11.3 Å². The molecule has 0 unspecified atom stereocenters. The van der Waals surface area contributed by atoms with E-state index in [-0.39, 0.29) is 31.2 Å². The van der Waals surface area contributed by atoms with Crippen molar-refractivity contribution in [2.45, 2.75) is 12.8 Å². The molecule has 0 radical (unpaired) electrons. The molecular formula is C11H11NO3. The summed E-state index contributed by atoms with van der Waals surface area (Å²) in [5.74, 6) is -0.201. The summed E-state index contributed by atoms with van der Waals surface area (Å²) in [6.45, 7) is 0.132.